The molecule has 2 aliphatic heterocycles. The second kappa shape index (κ2) is 12.3. The van der Waals surface area contributed by atoms with Crippen LogP contribution in [0.1, 0.15) is 16.7 Å². The lowest BCUT2D eigenvalue weighted by molar-refractivity contribution is -0.157. The normalized spacial score (nSPS) is 18.4. The van der Waals surface area contributed by atoms with Gasteiger partial charge in [-0.05, 0) is 51.7 Å². The first kappa shape index (κ1) is 29.0. The zero-order chi connectivity index (χ0) is 30.8. The largest absolute Gasteiger partial charge is 0.508 e. The summed E-state index contributed by atoms with van der Waals surface area (Å²) in [4.78, 5) is 44.4. The Labute approximate surface area is 256 Å². The number of carbonyl (C=O) groups excluding carboxylic acids is 3. The molecule has 2 heterocycles. The molecule has 10 nitrogen and oxygen atoms in total. The van der Waals surface area contributed by atoms with E-state index in [4.69, 9.17) is 4.74 Å². The summed E-state index contributed by atoms with van der Waals surface area (Å²) in [6.45, 7) is 0.888. The highest BCUT2D eigenvalue weighted by Gasteiger charge is 2.51. The predicted molar refractivity (Wildman–Crippen MR) is 165 cm³/mol. The minimum atomic E-state index is -0.762. The van der Waals surface area contributed by atoms with E-state index in [1.54, 1.807) is 53.2 Å². The van der Waals surface area contributed by atoms with Crippen LogP contribution in [-0.2, 0) is 29.1 Å². The highest BCUT2D eigenvalue weighted by molar-refractivity contribution is 5.92. The van der Waals surface area contributed by atoms with Gasteiger partial charge in [0, 0.05) is 26.6 Å². The number of urea groups is 1. The van der Waals surface area contributed by atoms with Crippen LogP contribution in [-0.4, -0.2) is 82.2 Å². The van der Waals surface area contributed by atoms with Crippen LogP contribution in [0, 0.1) is 0 Å². The van der Waals surface area contributed by atoms with Gasteiger partial charge in [0.15, 0.2) is 0 Å². The number of nitrogens with one attached hydrogen (secondary N) is 1. The Balaban J connectivity index is 1.26. The van der Waals surface area contributed by atoms with Crippen LogP contribution in [0.5, 0.6) is 11.5 Å². The third-order valence-corrected chi connectivity index (χ3v) is 8.46. The molecule has 0 saturated carbocycles. The predicted octanol–water partition coefficient (Wildman–Crippen LogP) is 3.73. The molecular formula is C34H35N5O5. The Hall–Kier alpha value is -5.09. The lowest BCUT2D eigenvalue weighted by atomic mass is 9.99. The van der Waals surface area contributed by atoms with Gasteiger partial charge in [0.25, 0.3) is 0 Å². The van der Waals surface area contributed by atoms with Gasteiger partial charge in [-0.25, -0.2) is 4.79 Å². The van der Waals surface area contributed by atoms with Crippen molar-refractivity contribution < 1.29 is 24.2 Å². The summed E-state index contributed by atoms with van der Waals surface area (Å²) in [5.41, 5.74) is 2.74. The highest BCUT2D eigenvalue weighted by Crippen LogP contribution is 2.31. The Kier molecular flexibility index (Phi) is 8.08. The van der Waals surface area contributed by atoms with E-state index in [2.05, 4.69) is 5.32 Å². The van der Waals surface area contributed by atoms with Gasteiger partial charge in [0.05, 0.1) is 20.2 Å². The van der Waals surface area contributed by atoms with Crippen LogP contribution < -0.4 is 10.1 Å². The molecule has 44 heavy (non-hydrogen) atoms. The average molecular weight is 594 g/mol. The number of hydrogen-bond acceptors (Lipinski definition) is 6. The van der Waals surface area contributed by atoms with Crippen molar-refractivity contribution in [1.29, 1.82) is 0 Å². The van der Waals surface area contributed by atoms with Crippen LogP contribution in [0.25, 0.3) is 10.8 Å². The van der Waals surface area contributed by atoms with Crippen molar-refractivity contribution in [2.24, 2.45) is 0 Å². The molecule has 10 heteroatoms. The Bertz CT molecular complexity index is 1670. The molecule has 0 aliphatic carbocycles. The van der Waals surface area contributed by atoms with E-state index in [9.17, 15) is 19.5 Å². The number of hydrazine groups is 1. The molecule has 4 aromatic rings. The van der Waals surface area contributed by atoms with Crippen LogP contribution >= 0.6 is 0 Å². The molecule has 0 bridgehead atoms. The van der Waals surface area contributed by atoms with Crippen LogP contribution in [0.3, 0.4) is 0 Å². The summed E-state index contributed by atoms with van der Waals surface area (Å²) < 4.78 is 5.21. The molecule has 2 N–H and O–H groups in total. The molecular weight excluding hydrogens is 558 g/mol. The molecule has 4 aromatic carbocycles. The summed E-state index contributed by atoms with van der Waals surface area (Å²) in [5, 5.41) is 18.0. The number of nitrogens with zero attached hydrogens (tertiary/aromatic N) is 4. The minimum Gasteiger partial charge on any atom is -0.508 e. The summed E-state index contributed by atoms with van der Waals surface area (Å²) >= 11 is 0. The number of phenols is 1. The van der Waals surface area contributed by atoms with Crippen molar-refractivity contribution in [3.05, 3.63) is 108 Å². The fourth-order valence-electron chi connectivity index (χ4n) is 6.09. The van der Waals surface area contributed by atoms with Crippen LogP contribution in [0.4, 0.5) is 4.79 Å². The van der Waals surface area contributed by atoms with E-state index in [0.29, 0.717) is 13.1 Å². The molecule has 226 valence electrons. The van der Waals surface area contributed by atoms with Crippen molar-refractivity contribution in [3.8, 4) is 11.5 Å². The molecule has 0 aromatic heterocycles. The maximum atomic E-state index is 14.1. The lowest BCUT2D eigenvalue weighted by Crippen LogP contribution is -2.65. The minimum absolute atomic E-state index is 0.0292. The number of methoxy groups -OCH3 is 1. The second-order valence-corrected chi connectivity index (χ2v) is 11.2. The van der Waals surface area contributed by atoms with Gasteiger partial charge in [-0.1, -0.05) is 66.7 Å². The van der Waals surface area contributed by atoms with Gasteiger partial charge in [0.1, 0.15) is 23.7 Å². The van der Waals surface area contributed by atoms with Gasteiger partial charge < -0.3 is 25.0 Å². The molecule has 4 amide bonds. The molecule has 6 rings (SSSR count). The second-order valence-electron chi connectivity index (χ2n) is 11.2. The smallest absolute Gasteiger partial charge is 0.332 e. The summed E-state index contributed by atoms with van der Waals surface area (Å²) in [7, 11) is 3.24. The zero-order valence-electron chi connectivity index (χ0n) is 24.7. The quantitative estimate of drug-likeness (QED) is 0.323. The van der Waals surface area contributed by atoms with Gasteiger partial charge in [-0.2, -0.15) is 5.01 Å². The highest BCUT2D eigenvalue weighted by atomic mass is 16.5. The third kappa shape index (κ3) is 5.76. The number of rotatable bonds is 8. The van der Waals surface area contributed by atoms with Crippen molar-refractivity contribution in [1.82, 2.24) is 25.1 Å². The molecule has 2 atom stereocenters. The molecule has 0 radical (unpaired) electrons. The average Bonchev–Trinajstić information content (AvgIpc) is 3.38. The number of amides is 4. The number of carbonyl (C=O) groups is 3. The monoisotopic (exact) mass is 593 g/mol. The Morgan fingerprint density at radius 3 is 2.41 bits per heavy atom. The van der Waals surface area contributed by atoms with Crippen LogP contribution in [0.2, 0.25) is 0 Å². The first-order valence-electron chi connectivity index (χ1n) is 14.6. The number of piperazine rings is 1. The van der Waals surface area contributed by atoms with Gasteiger partial charge in [-0.15, -0.1) is 0 Å². The van der Waals surface area contributed by atoms with Crippen molar-refractivity contribution in [2.45, 2.75) is 31.7 Å². The van der Waals surface area contributed by atoms with Crippen molar-refractivity contribution in [3.63, 3.8) is 0 Å². The zero-order valence-corrected chi connectivity index (χ0v) is 24.7. The van der Waals surface area contributed by atoms with Crippen molar-refractivity contribution in [2.75, 3.05) is 27.2 Å². The standard InChI is InChI=1S/C34H35N5O5/c1-36(34(43)35-19-24-12-16-28(44-2)17-13-24)38-22-32(41)39-30(18-23-10-14-27(40)15-11-23)33(42)37(21-31(38)39)20-26-8-5-7-25-6-3-4-9-29(25)26/h3-17,30-31,40H,18-22H2,1-2H3,(H,35,43)/t30-,31+/m0/s1. The molecule has 2 fully saturated rings. The van der Waals surface area contributed by atoms with E-state index in [0.717, 1.165) is 33.2 Å². The maximum absolute atomic E-state index is 14.1. The van der Waals surface area contributed by atoms with Gasteiger partial charge in [-0.3, -0.25) is 14.6 Å². The van der Waals surface area contributed by atoms with Gasteiger partial charge >= 0.3 is 6.03 Å². The summed E-state index contributed by atoms with van der Waals surface area (Å²) in [6.07, 6.45) is -0.247. The fourth-order valence-corrected chi connectivity index (χ4v) is 6.09. The van der Waals surface area contributed by atoms with Crippen molar-refractivity contribution >= 4 is 28.6 Å². The Morgan fingerprint density at radius 2 is 1.66 bits per heavy atom. The van der Waals surface area contributed by atoms with E-state index < -0.39 is 12.2 Å². The maximum Gasteiger partial charge on any atom is 0.332 e. The first-order valence-corrected chi connectivity index (χ1v) is 14.6. The van der Waals surface area contributed by atoms with E-state index in [1.165, 1.54) is 5.01 Å². The number of fused-ring (bicyclic) bond motifs is 2. The topological polar surface area (TPSA) is 106 Å². The van der Waals surface area contributed by atoms with E-state index in [-0.39, 0.29) is 43.1 Å². The van der Waals surface area contributed by atoms with E-state index in [1.807, 2.05) is 66.7 Å². The lowest BCUT2D eigenvalue weighted by Gasteiger charge is -2.46. The first-order chi connectivity index (χ1) is 21.3. The number of phenolic OH excluding ortho intramolecular Hbond substituents is 1. The third-order valence-electron chi connectivity index (χ3n) is 8.46. The molecule has 0 spiro atoms. The molecule has 0 unspecified atom stereocenters. The SMILES string of the molecule is COc1ccc(CNC(=O)N(C)N2CC(=O)N3[C@@H](Cc4ccc(O)cc4)C(=O)N(Cc4cccc5ccccc45)C[C@@H]32)cc1. The van der Waals surface area contributed by atoms with Gasteiger partial charge in [0.2, 0.25) is 11.8 Å². The summed E-state index contributed by atoms with van der Waals surface area (Å²) in [5.74, 6) is 0.496. The summed E-state index contributed by atoms with van der Waals surface area (Å²) in [6, 6.07) is 27.1. The number of hydrogen-bond donors (Lipinski definition) is 2. The fraction of sp³-hybridized carbons (Fsp3) is 0.265. The Morgan fingerprint density at radius 1 is 0.955 bits per heavy atom. The molecule has 2 aliphatic rings. The van der Waals surface area contributed by atoms with E-state index >= 15 is 0 Å². The number of benzene rings is 4. The van der Waals surface area contributed by atoms with Crippen LogP contribution in [0.15, 0.2) is 91.0 Å². The number of ether oxygens (including phenoxy) is 1. The molecule has 2 saturated heterocycles. The number of aromatic hydroxyl groups is 1.